The van der Waals surface area contributed by atoms with Crippen LogP contribution in [0.2, 0.25) is 0 Å². The largest absolute Gasteiger partial charge is 0.369 e. The molecule has 7 nitrogen and oxygen atoms in total. The highest BCUT2D eigenvalue weighted by molar-refractivity contribution is 8.24. The number of nitrogens with two attached hydrogens (primary N) is 1. The Morgan fingerprint density at radius 1 is 1.07 bits per heavy atom. The molecule has 29 heavy (non-hydrogen) atoms. The molecule has 8 heteroatoms. The molecule has 0 radical (unpaired) electrons. The summed E-state index contributed by atoms with van der Waals surface area (Å²) in [6.45, 7) is 0. The van der Waals surface area contributed by atoms with Crippen LogP contribution in [0, 0.1) is 0 Å². The zero-order valence-electron chi connectivity index (χ0n) is 15.7. The molecule has 0 fully saturated rings. The van der Waals surface area contributed by atoms with Gasteiger partial charge in [0.15, 0.2) is 11.6 Å². The molecule has 3 aromatic rings. The van der Waals surface area contributed by atoms with Gasteiger partial charge in [-0.1, -0.05) is 42.5 Å². The summed E-state index contributed by atoms with van der Waals surface area (Å²) in [6, 6.07) is 16.8. The van der Waals surface area contributed by atoms with Gasteiger partial charge in [-0.2, -0.15) is 10.6 Å². The first-order valence-electron chi connectivity index (χ1n) is 9.29. The van der Waals surface area contributed by atoms with Gasteiger partial charge in [-0.25, -0.2) is 9.97 Å². The molecular formula is C21H22N4O3S. The van der Waals surface area contributed by atoms with Crippen LogP contribution in [-0.2, 0) is 17.6 Å². The van der Waals surface area contributed by atoms with Crippen molar-refractivity contribution in [2.75, 3.05) is 11.1 Å². The first-order chi connectivity index (χ1) is 13.9. The fourth-order valence-electron chi connectivity index (χ4n) is 3.40. The minimum atomic E-state index is -2.96. The van der Waals surface area contributed by atoms with Crippen molar-refractivity contribution < 1.29 is 13.9 Å². The highest BCUT2D eigenvalue weighted by Gasteiger charge is 2.30. The molecule has 1 aliphatic heterocycles. The van der Waals surface area contributed by atoms with Gasteiger partial charge in [-0.3, -0.25) is 13.9 Å². The molecule has 0 bridgehead atoms. The Labute approximate surface area is 170 Å². The van der Waals surface area contributed by atoms with Crippen LogP contribution in [0.4, 0.5) is 11.5 Å². The molecule has 0 aliphatic carbocycles. The van der Waals surface area contributed by atoms with Crippen molar-refractivity contribution in [3.8, 4) is 11.4 Å². The van der Waals surface area contributed by atoms with Crippen LogP contribution in [-0.4, -0.2) is 30.7 Å². The third kappa shape index (κ3) is 4.24. The lowest BCUT2D eigenvalue weighted by atomic mass is 10.1. The normalized spacial score (nSPS) is 15.9. The van der Waals surface area contributed by atoms with Crippen LogP contribution in [0.15, 0.2) is 59.5 Å². The molecule has 1 aliphatic rings. The molecule has 1 amide bonds. The summed E-state index contributed by atoms with van der Waals surface area (Å²) >= 11 is 0. The third-order valence-corrected chi connectivity index (χ3v) is 6.67. The molecule has 0 unspecified atom stereocenters. The maximum atomic E-state index is 11.1. The fraction of sp³-hybridized carbons (Fsp3) is 0.190. The predicted octanol–water partition coefficient (Wildman–Crippen LogP) is 3.97. The lowest BCUT2D eigenvalue weighted by Crippen LogP contribution is -2.18. The Morgan fingerprint density at radius 2 is 1.79 bits per heavy atom. The standard InChI is InChI=1S/C21H22N4O3S/c22-18(26)13-14-8-10-16(11-9-14)23-21-19-17(7-4-12-29(19,27)28)24-20(25-21)15-5-2-1-3-6-15/h1-3,5-6,8-11,27-28H,4,7,12-13H2,(H2,22,26)(H,23,24,25). The average molecular weight is 410 g/mol. The summed E-state index contributed by atoms with van der Waals surface area (Å²) in [6.07, 6.45) is 1.50. The van der Waals surface area contributed by atoms with E-state index in [1.807, 2.05) is 42.5 Å². The molecule has 0 spiro atoms. The van der Waals surface area contributed by atoms with E-state index in [2.05, 4.69) is 15.3 Å². The Hall–Kier alpha value is -2.94. The SMILES string of the molecule is NC(=O)Cc1ccc(Nc2nc(-c3ccccc3)nc3c2S(O)(O)CCC3)cc1. The van der Waals surface area contributed by atoms with E-state index < -0.39 is 16.5 Å². The maximum Gasteiger partial charge on any atom is 0.221 e. The van der Waals surface area contributed by atoms with E-state index in [1.165, 1.54) is 0 Å². The highest BCUT2D eigenvalue weighted by Crippen LogP contribution is 2.56. The molecule has 0 saturated carbocycles. The van der Waals surface area contributed by atoms with Gasteiger partial charge in [0.2, 0.25) is 5.91 Å². The van der Waals surface area contributed by atoms with Crippen LogP contribution in [0.5, 0.6) is 0 Å². The number of hydrogen-bond donors (Lipinski definition) is 4. The summed E-state index contributed by atoms with van der Waals surface area (Å²) in [5.41, 5.74) is 8.29. The number of primary amides is 1. The molecule has 4 rings (SSSR count). The number of aromatic nitrogens is 2. The fourth-order valence-corrected chi connectivity index (χ4v) is 5.08. The first-order valence-corrected chi connectivity index (χ1v) is 11.0. The van der Waals surface area contributed by atoms with Gasteiger partial charge in [-0.15, -0.1) is 0 Å². The monoisotopic (exact) mass is 410 g/mol. The van der Waals surface area contributed by atoms with E-state index >= 15 is 0 Å². The van der Waals surface area contributed by atoms with Gasteiger partial charge in [-0.05, 0) is 30.5 Å². The number of aryl methyl sites for hydroxylation is 1. The van der Waals surface area contributed by atoms with Crippen LogP contribution in [0.1, 0.15) is 17.7 Å². The van der Waals surface area contributed by atoms with E-state index in [0.29, 0.717) is 40.8 Å². The predicted molar refractivity (Wildman–Crippen MR) is 114 cm³/mol. The third-order valence-electron chi connectivity index (χ3n) is 4.73. The van der Waals surface area contributed by atoms with Crippen LogP contribution in [0.25, 0.3) is 11.4 Å². The zero-order chi connectivity index (χ0) is 20.4. The van der Waals surface area contributed by atoms with Crippen LogP contribution in [0.3, 0.4) is 0 Å². The summed E-state index contributed by atoms with van der Waals surface area (Å²) in [5, 5.41) is 3.21. The van der Waals surface area contributed by atoms with Crippen molar-refractivity contribution in [3.63, 3.8) is 0 Å². The van der Waals surface area contributed by atoms with Crippen LogP contribution < -0.4 is 11.1 Å². The minimum absolute atomic E-state index is 0.169. The molecule has 0 atom stereocenters. The maximum absolute atomic E-state index is 11.1. The van der Waals surface area contributed by atoms with Crippen LogP contribution >= 0.6 is 10.6 Å². The number of nitrogens with zero attached hydrogens (tertiary/aromatic N) is 2. The van der Waals surface area contributed by atoms with Gasteiger partial charge >= 0.3 is 0 Å². The molecule has 0 saturated heterocycles. The lowest BCUT2D eigenvalue weighted by molar-refractivity contribution is -0.117. The average Bonchev–Trinajstić information content (AvgIpc) is 2.69. The van der Waals surface area contributed by atoms with E-state index in [-0.39, 0.29) is 6.42 Å². The van der Waals surface area contributed by atoms with E-state index in [9.17, 15) is 13.9 Å². The van der Waals surface area contributed by atoms with E-state index in [4.69, 9.17) is 5.73 Å². The van der Waals surface area contributed by atoms with Gasteiger partial charge in [0.05, 0.1) is 12.1 Å². The van der Waals surface area contributed by atoms with Gasteiger partial charge in [0.1, 0.15) is 4.90 Å². The minimum Gasteiger partial charge on any atom is -0.369 e. The first kappa shape index (κ1) is 19.4. The van der Waals surface area contributed by atoms with Crippen molar-refractivity contribution in [2.45, 2.75) is 24.2 Å². The Morgan fingerprint density at radius 3 is 2.48 bits per heavy atom. The number of carbonyl (C=O) groups excluding carboxylic acids is 1. The second kappa shape index (κ2) is 7.82. The number of anilines is 2. The lowest BCUT2D eigenvalue weighted by Gasteiger charge is -2.38. The van der Waals surface area contributed by atoms with E-state index in [1.54, 1.807) is 12.1 Å². The number of carbonyl (C=O) groups is 1. The molecule has 5 N–H and O–H groups in total. The Balaban J connectivity index is 1.75. The number of fused-ring (bicyclic) bond motifs is 1. The summed E-state index contributed by atoms with van der Waals surface area (Å²) in [7, 11) is -2.96. The number of amides is 1. The second-order valence-electron chi connectivity index (χ2n) is 6.98. The molecular weight excluding hydrogens is 388 g/mol. The van der Waals surface area contributed by atoms with Crippen molar-refractivity contribution in [2.24, 2.45) is 5.73 Å². The highest BCUT2D eigenvalue weighted by atomic mass is 32.3. The van der Waals surface area contributed by atoms with Crippen molar-refractivity contribution in [3.05, 3.63) is 65.9 Å². The smallest absolute Gasteiger partial charge is 0.221 e. The number of benzene rings is 2. The van der Waals surface area contributed by atoms with Gasteiger partial charge in [0, 0.05) is 17.0 Å². The molecule has 150 valence electrons. The molecule has 1 aromatic heterocycles. The van der Waals surface area contributed by atoms with Gasteiger partial charge in [0.25, 0.3) is 0 Å². The summed E-state index contributed by atoms with van der Waals surface area (Å²) in [4.78, 5) is 20.7. The topological polar surface area (TPSA) is 121 Å². The quantitative estimate of drug-likeness (QED) is 0.505. The second-order valence-corrected chi connectivity index (χ2v) is 9.13. The number of rotatable bonds is 5. The zero-order valence-corrected chi connectivity index (χ0v) is 16.5. The van der Waals surface area contributed by atoms with E-state index in [0.717, 1.165) is 16.8 Å². The number of hydrogen-bond acceptors (Lipinski definition) is 6. The van der Waals surface area contributed by atoms with Gasteiger partial charge < -0.3 is 11.1 Å². The Bertz CT molecular complexity index is 1040. The number of nitrogens with one attached hydrogen (secondary N) is 1. The summed E-state index contributed by atoms with van der Waals surface area (Å²) in [5.74, 6) is 0.850. The summed E-state index contributed by atoms with van der Waals surface area (Å²) < 4.78 is 21.3. The van der Waals surface area contributed by atoms with Crippen molar-refractivity contribution in [1.82, 2.24) is 9.97 Å². The van der Waals surface area contributed by atoms with Crippen molar-refractivity contribution in [1.29, 1.82) is 0 Å². The Kier molecular flexibility index (Phi) is 5.23. The molecule has 2 heterocycles. The molecule has 2 aromatic carbocycles. The van der Waals surface area contributed by atoms with Crippen molar-refractivity contribution >= 4 is 28.0 Å².